The minimum Gasteiger partial charge on any atom is -0.480 e. The maximum Gasteiger partial charge on any atom is 0.326 e. The molecule has 0 spiro atoms. The summed E-state index contributed by atoms with van der Waals surface area (Å²) < 4.78 is 0. The zero-order valence-electron chi connectivity index (χ0n) is 16.3. The number of hydrogen-bond acceptors (Lipinski definition) is 3. The molecule has 3 heterocycles. The number of rotatable bonds is 4. The predicted molar refractivity (Wildman–Crippen MR) is 114 cm³/mol. The summed E-state index contributed by atoms with van der Waals surface area (Å²) >= 11 is 0. The summed E-state index contributed by atoms with van der Waals surface area (Å²) in [6.07, 6.45) is 2.46. The molecule has 0 fully saturated rings. The van der Waals surface area contributed by atoms with Crippen molar-refractivity contribution < 1.29 is 14.7 Å². The zero-order chi connectivity index (χ0) is 20.8. The van der Waals surface area contributed by atoms with Crippen LogP contribution in [0.2, 0.25) is 0 Å². The second-order valence-corrected chi connectivity index (χ2v) is 7.82. The molecule has 5 N–H and O–H groups in total. The van der Waals surface area contributed by atoms with Crippen LogP contribution in [0.15, 0.2) is 54.7 Å². The fraction of sp³-hybridized carbons (Fsp3) is 0.217. The van der Waals surface area contributed by atoms with Crippen LogP contribution in [0.4, 0.5) is 0 Å². The lowest BCUT2D eigenvalue weighted by Gasteiger charge is -2.34. The second kappa shape index (κ2) is 7.03. The van der Waals surface area contributed by atoms with E-state index >= 15 is 0 Å². The average molecular weight is 402 g/mol. The number of carboxylic acid groups (broad SMARTS) is 1. The summed E-state index contributed by atoms with van der Waals surface area (Å²) in [6.45, 7) is 0.210. The van der Waals surface area contributed by atoms with Crippen molar-refractivity contribution in [3.8, 4) is 0 Å². The number of aromatic amines is 2. The molecule has 2 aromatic carbocycles. The van der Waals surface area contributed by atoms with Crippen LogP contribution in [0.5, 0.6) is 0 Å². The van der Waals surface area contributed by atoms with Gasteiger partial charge in [0, 0.05) is 40.1 Å². The van der Waals surface area contributed by atoms with Gasteiger partial charge in [-0.25, -0.2) is 4.79 Å². The highest BCUT2D eigenvalue weighted by molar-refractivity contribution is 5.91. The lowest BCUT2D eigenvalue weighted by molar-refractivity contribution is -0.152. The van der Waals surface area contributed by atoms with Gasteiger partial charge in [-0.3, -0.25) is 4.79 Å². The van der Waals surface area contributed by atoms with E-state index in [0.29, 0.717) is 6.42 Å². The number of benzene rings is 2. The van der Waals surface area contributed by atoms with E-state index < -0.39 is 18.1 Å². The minimum atomic E-state index is -1.02. The number of carbonyl (C=O) groups excluding carboxylic acids is 1. The third-order valence-electron chi connectivity index (χ3n) is 6.00. The number of aliphatic carboxylic acids is 1. The Kier molecular flexibility index (Phi) is 4.33. The maximum absolute atomic E-state index is 13.2. The largest absolute Gasteiger partial charge is 0.480 e. The van der Waals surface area contributed by atoms with E-state index in [2.05, 4.69) is 9.97 Å². The number of nitrogens with one attached hydrogen (secondary N) is 2. The molecule has 7 nitrogen and oxygen atoms in total. The molecule has 0 aliphatic carbocycles. The van der Waals surface area contributed by atoms with E-state index in [1.54, 1.807) is 0 Å². The Morgan fingerprint density at radius 1 is 1.10 bits per heavy atom. The van der Waals surface area contributed by atoms with E-state index in [1.165, 1.54) is 4.90 Å². The van der Waals surface area contributed by atoms with Crippen molar-refractivity contribution in [3.63, 3.8) is 0 Å². The quantitative estimate of drug-likeness (QED) is 0.420. The number of H-pyrrole nitrogens is 2. The normalized spacial score (nSPS) is 17.2. The molecule has 0 saturated heterocycles. The first-order valence-corrected chi connectivity index (χ1v) is 9.95. The summed E-state index contributed by atoms with van der Waals surface area (Å²) in [4.78, 5) is 33.1. The fourth-order valence-electron chi connectivity index (χ4n) is 4.50. The van der Waals surface area contributed by atoms with E-state index in [0.717, 1.165) is 38.6 Å². The van der Waals surface area contributed by atoms with Gasteiger partial charge in [-0.15, -0.1) is 0 Å². The van der Waals surface area contributed by atoms with Crippen molar-refractivity contribution in [2.45, 2.75) is 31.5 Å². The monoisotopic (exact) mass is 402 g/mol. The van der Waals surface area contributed by atoms with Gasteiger partial charge in [-0.1, -0.05) is 36.4 Å². The van der Waals surface area contributed by atoms with Gasteiger partial charge < -0.3 is 25.7 Å². The zero-order valence-corrected chi connectivity index (χ0v) is 16.3. The predicted octanol–water partition coefficient (Wildman–Crippen LogP) is 2.56. The number of nitrogens with two attached hydrogens (primary N) is 1. The molecule has 30 heavy (non-hydrogen) atoms. The third-order valence-corrected chi connectivity index (χ3v) is 6.00. The molecule has 0 bridgehead atoms. The molecule has 1 amide bonds. The average Bonchev–Trinajstić information content (AvgIpc) is 3.33. The molecule has 5 rings (SSSR count). The first kappa shape index (κ1) is 18.4. The van der Waals surface area contributed by atoms with Gasteiger partial charge >= 0.3 is 5.97 Å². The molecular weight excluding hydrogens is 380 g/mol. The maximum atomic E-state index is 13.2. The van der Waals surface area contributed by atoms with Crippen molar-refractivity contribution in [1.82, 2.24) is 14.9 Å². The summed E-state index contributed by atoms with van der Waals surface area (Å²) in [5.41, 5.74) is 11.0. The van der Waals surface area contributed by atoms with Crippen molar-refractivity contribution >= 4 is 33.7 Å². The van der Waals surface area contributed by atoms with Crippen molar-refractivity contribution in [2.24, 2.45) is 5.73 Å². The number of fused-ring (bicyclic) bond motifs is 4. The van der Waals surface area contributed by atoms with Gasteiger partial charge in [0.2, 0.25) is 5.91 Å². The van der Waals surface area contributed by atoms with E-state index in [9.17, 15) is 14.7 Å². The number of para-hydroxylation sites is 2. The van der Waals surface area contributed by atoms with Gasteiger partial charge in [-0.2, -0.15) is 0 Å². The fourth-order valence-corrected chi connectivity index (χ4v) is 4.50. The Labute approximate surface area is 172 Å². The molecule has 2 atom stereocenters. The number of hydrogen-bond donors (Lipinski definition) is 4. The lowest BCUT2D eigenvalue weighted by Crippen LogP contribution is -2.54. The molecule has 1 aliphatic rings. The summed E-state index contributed by atoms with van der Waals surface area (Å²) in [5, 5.41) is 11.9. The highest BCUT2D eigenvalue weighted by Crippen LogP contribution is 2.31. The lowest BCUT2D eigenvalue weighted by atomic mass is 9.95. The van der Waals surface area contributed by atoms with Crippen molar-refractivity contribution in [1.29, 1.82) is 0 Å². The Morgan fingerprint density at radius 2 is 1.80 bits per heavy atom. The number of carbonyl (C=O) groups is 2. The highest BCUT2D eigenvalue weighted by atomic mass is 16.4. The Bertz CT molecular complexity index is 1270. The van der Waals surface area contributed by atoms with E-state index in [1.807, 2.05) is 54.7 Å². The number of amides is 1. The van der Waals surface area contributed by atoms with Crippen LogP contribution in [0.1, 0.15) is 16.8 Å². The molecular formula is C23H22N4O3. The van der Waals surface area contributed by atoms with Crippen LogP contribution < -0.4 is 5.73 Å². The van der Waals surface area contributed by atoms with Gasteiger partial charge in [-0.05, 0) is 29.7 Å². The Morgan fingerprint density at radius 3 is 2.57 bits per heavy atom. The van der Waals surface area contributed by atoms with Crippen LogP contribution in [0.25, 0.3) is 21.8 Å². The Balaban J connectivity index is 1.44. The first-order chi connectivity index (χ1) is 14.5. The summed E-state index contributed by atoms with van der Waals surface area (Å²) in [5.74, 6) is -1.37. The van der Waals surface area contributed by atoms with Crippen LogP contribution in [-0.4, -0.2) is 43.9 Å². The highest BCUT2D eigenvalue weighted by Gasteiger charge is 2.38. The molecule has 0 radical (unpaired) electrons. The van der Waals surface area contributed by atoms with Gasteiger partial charge in [0.1, 0.15) is 6.04 Å². The van der Waals surface area contributed by atoms with Gasteiger partial charge in [0.05, 0.1) is 12.6 Å². The van der Waals surface area contributed by atoms with Crippen molar-refractivity contribution in [3.05, 3.63) is 71.5 Å². The number of carboxylic acids is 1. The van der Waals surface area contributed by atoms with Gasteiger partial charge in [0.25, 0.3) is 0 Å². The smallest absolute Gasteiger partial charge is 0.326 e. The SMILES string of the molecule is N[C@@H](Cc1c[nH]c2ccccc12)C(=O)N1Cc2[nH]c3ccccc3c2C[C@H]1C(=O)O. The van der Waals surface area contributed by atoms with Crippen LogP contribution in [-0.2, 0) is 29.0 Å². The number of nitrogens with zero attached hydrogens (tertiary/aromatic N) is 1. The Hall–Kier alpha value is -3.58. The molecule has 7 heteroatoms. The summed E-state index contributed by atoms with van der Waals surface area (Å²) in [6, 6.07) is 13.9. The van der Waals surface area contributed by atoms with E-state index in [-0.39, 0.29) is 18.9 Å². The third kappa shape index (κ3) is 2.95. The molecule has 4 aromatic rings. The van der Waals surface area contributed by atoms with E-state index in [4.69, 9.17) is 5.73 Å². The topological polar surface area (TPSA) is 115 Å². The standard InChI is InChI=1S/C23H22N4O3/c24-17(9-13-11-25-18-7-3-1-5-14(13)18)22(28)27-12-20-16(10-21(27)23(29)30)15-6-2-4-8-19(15)26-20/h1-8,11,17,21,25-26H,9-10,12,24H2,(H,29,30)/t17-,21-/m0/s1. The first-order valence-electron chi connectivity index (χ1n) is 9.95. The second-order valence-electron chi connectivity index (χ2n) is 7.82. The van der Waals surface area contributed by atoms with Crippen LogP contribution in [0, 0.1) is 0 Å². The molecule has 2 aromatic heterocycles. The van der Waals surface area contributed by atoms with Gasteiger partial charge in [0.15, 0.2) is 0 Å². The van der Waals surface area contributed by atoms with Crippen LogP contribution >= 0.6 is 0 Å². The molecule has 0 unspecified atom stereocenters. The minimum absolute atomic E-state index is 0.210. The molecule has 0 saturated carbocycles. The van der Waals surface area contributed by atoms with Crippen molar-refractivity contribution in [2.75, 3.05) is 0 Å². The molecule has 1 aliphatic heterocycles. The molecule has 152 valence electrons. The number of aromatic nitrogens is 2. The summed E-state index contributed by atoms with van der Waals surface area (Å²) in [7, 11) is 0. The van der Waals surface area contributed by atoms with Crippen LogP contribution in [0.3, 0.4) is 0 Å².